The van der Waals surface area contributed by atoms with E-state index in [9.17, 15) is 19.1 Å². The minimum Gasteiger partial charge on any atom is -0.480 e. The average molecular weight is 419 g/mol. The Morgan fingerprint density at radius 2 is 1.65 bits per heavy atom. The zero-order valence-electron chi connectivity index (χ0n) is 17.0. The van der Waals surface area contributed by atoms with Gasteiger partial charge >= 0.3 is 12.1 Å². The predicted molar refractivity (Wildman–Crippen MR) is 114 cm³/mol. The second-order valence-electron chi connectivity index (χ2n) is 7.66. The van der Waals surface area contributed by atoms with Gasteiger partial charge in [-0.3, -0.25) is 0 Å². The third-order valence-corrected chi connectivity index (χ3v) is 5.56. The monoisotopic (exact) mass is 419 g/mol. The van der Waals surface area contributed by atoms with Gasteiger partial charge in [0.25, 0.3) is 0 Å². The number of benzene rings is 3. The number of alkyl carbamates (subject to hydrolysis) is 1. The molecule has 1 atom stereocenters. The van der Waals surface area contributed by atoms with Gasteiger partial charge in [-0.25, -0.2) is 14.0 Å². The Morgan fingerprint density at radius 1 is 1.03 bits per heavy atom. The molecule has 2 N–H and O–H groups in total. The maximum atomic E-state index is 14.0. The van der Waals surface area contributed by atoms with Gasteiger partial charge in [0.05, 0.1) is 0 Å². The molecule has 0 aromatic heterocycles. The largest absolute Gasteiger partial charge is 0.480 e. The molecule has 0 bridgehead atoms. The lowest BCUT2D eigenvalue weighted by molar-refractivity contribution is -0.139. The highest BCUT2D eigenvalue weighted by Crippen LogP contribution is 2.44. The van der Waals surface area contributed by atoms with Crippen LogP contribution < -0.4 is 5.32 Å². The molecule has 1 aliphatic rings. The van der Waals surface area contributed by atoms with Gasteiger partial charge in [-0.15, -0.1) is 0 Å². The topological polar surface area (TPSA) is 75.6 Å². The van der Waals surface area contributed by atoms with E-state index >= 15 is 0 Å². The molecule has 0 aliphatic heterocycles. The second kappa shape index (κ2) is 8.60. The summed E-state index contributed by atoms with van der Waals surface area (Å²) in [6, 6.07) is 19.0. The lowest BCUT2D eigenvalue weighted by atomic mass is 9.98. The van der Waals surface area contributed by atoms with E-state index in [1.165, 1.54) is 6.07 Å². The molecule has 3 aromatic carbocycles. The first-order valence-electron chi connectivity index (χ1n) is 10.0. The number of ether oxygens (including phenoxy) is 1. The number of aliphatic carboxylic acids is 1. The number of fused-ring (bicyclic) bond motifs is 3. The molecular weight excluding hydrogens is 397 g/mol. The molecule has 1 aliphatic carbocycles. The van der Waals surface area contributed by atoms with Crippen molar-refractivity contribution in [2.45, 2.75) is 25.3 Å². The molecule has 0 fully saturated rings. The number of aryl methyl sites for hydroxylation is 1. The van der Waals surface area contributed by atoms with Crippen molar-refractivity contribution < 1.29 is 23.8 Å². The molecule has 0 saturated heterocycles. The standard InChI is InChI=1S/C25H22FNO4/c1-15-10-11-22(26)16(12-15)13-23(24(28)29)27-25(30)31-14-21-19-8-4-2-6-17(19)18-7-3-5-9-20(18)21/h2-12,21,23H,13-14H2,1H3,(H,27,30)(H,28,29). The molecule has 3 aromatic rings. The zero-order chi connectivity index (χ0) is 22.0. The van der Waals surface area contributed by atoms with E-state index in [4.69, 9.17) is 4.74 Å². The fourth-order valence-electron chi connectivity index (χ4n) is 4.06. The number of rotatable bonds is 6. The van der Waals surface area contributed by atoms with Crippen molar-refractivity contribution in [3.8, 4) is 11.1 Å². The van der Waals surface area contributed by atoms with Crippen LogP contribution in [0.4, 0.5) is 9.18 Å². The quantitative estimate of drug-likeness (QED) is 0.609. The summed E-state index contributed by atoms with van der Waals surface area (Å²) >= 11 is 0. The molecule has 6 heteroatoms. The highest BCUT2D eigenvalue weighted by Gasteiger charge is 2.30. The van der Waals surface area contributed by atoms with Crippen molar-refractivity contribution in [3.05, 3.63) is 94.8 Å². The summed E-state index contributed by atoms with van der Waals surface area (Å²) in [5.41, 5.74) is 5.37. The summed E-state index contributed by atoms with van der Waals surface area (Å²) < 4.78 is 19.4. The number of carboxylic acid groups (broad SMARTS) is 1. The number of halogens is 1. The summed E-state index contributed by atoms with van der Waals surface area (Å²) in [5, 5.41) is 11.8. The Kier molecular flexibility index (Phi) is 5.71. The number of carbonyl (C=O) groups is 2. The van der Waals surface area contributed by atoms with E-state index in [1.54, 1.807) is 19.1 Å². The van der Waals surface area contributed by atoms with E-state index in [0.29, 0.717) is 0 Å². The van der Waals surface area contributed by atoms with Gasteiger partial charge in [-0.2, -0.15) is 0 Å². The van der Waals surface area contributed by atoms with Gasteiger partial charge in [0, 0.05) is 12.3 Å². The minimum atomic E-state index is -1.30. The number of hydrogen-bond acceptors (Lipinski definition) is 3. The van der Waals surface area contributed by atoms with Gasteiger partial charge in [0.1, 0.15) is 18.5 Å². The first-order valence-corrected chi connectivity index (χ1v) is 10.0. The molecule has 4 rings (SSSR count). The molecule has 1 unspecified atom stereocenters. The van der Waals surface area contributed by atoms with Gasteiger partial charge in [-0.05, 0) is 40.8 Å². The van der Waals surface area contributed by atoms with Gasteiger partial charge in [0.2, 0.25) is 0 Å². The van der Waals surface area contributed by atoms with E-state index in [2.05, 4.69) is 5.32 Å². The smallest absolute Gasteiger partial charge is 0.407 e. The lowest BCUT2D eigenvalue weighted by Gasteiger charge is -2.18. The van der Waals surface area contributed by atoms with Crippen LogP contribution >= 0.6 is 0 Å². The van der Waals surface area contributed by atoms with Crippen LogP contribution in [0.15, 0.2) is 66.7 Å². The van der Waals surface area contributed by atoms with Crippen LogP contribution in [0.25, 0.3) is 11.1 Å². The summed E-state index contributed by atoms with van der Waals surface area (Å²) in [7, 11) is 0. The molecule has 0 spiro atoms. The Labute approximate surface area is 179 Å². The van der Waals surface area contributed by atoms with Crippen LogP contribution in [0.2, 0.25) is 0 Å². The van der Waals surface area contributed by atoms with Gasteiger partial charge in [0.15, 0.2) is 0 Å². The normalized spacial score (nSPS) is 13.2. The predicted octanol–water partition coefficient (Wildman–Crippen LogP) is 4.67. The summed E-state index contributed by atoms with van der Waals surface area (Å²) in [4.78, 5) is 24.0. The van der Waals surface area contributed by atoms with Gasteiger partial charge in [-0.1, -0.05) is 66.2 Å². The highest BCUT2D eigenvalue weighted by atomic mass is 19.1. The van der Waals surface area contributed by atoms with Crippen LogP contribution in [0.1, 0.15) is 28.2 Å². The van der Waals surface area contributed by atoms with Crippen molar-refractivity contribution in [2.75, 3.05) is 6.61 Å². The molecule has 31 heavy (non-hydrogen) atoms. The molecule has 0 radical (unpaired) electrons. The first kappa shape index (κ1) is 20.6. The van der Waals surface area contributed by atoms with Crippen molar-refractivity contribution >= 4 is 12.1 Å². The van der Waals surface area contributed by atoms with Gasteiger partial charge < -0.3 is 15.2 Å². The maximum Gasteiger partial charge on any atom is 0.407 e. The molecule has 0 heterocycles. The second-order valence-corrected chi connectivity index (χ2v) is 7.66. The average Bonchev–Trinajstić information content (AvgIpc) is 3.08. The Hall–Kier alpha value is -3.67. The fraction of sp³-hybridized carbons (Fsp3) is 0.200. The maximum absolute atomic E-state index is 14.0. The minimum absolute atomic E-state index is 0.0744. The van der Waals surface area contributed by atoms with Crippen LogP contribution in [0.3, 0.4) is 0 Å². The third kappa shape index (κ3) is 4.28. The number of nitrogens with one attached hydrogen (secondary N) is 1. The molecular formula is C25H22FNO4. The summed E-state index contributed by atoms with van der Waals surface area (Å²) in [6.45, 7) is 1.86. The number of carboxylic acids is 1. The van der Waals surface area contributed by atoms with Crippen molar-refractivity contribution in [1.82, 2.24) is 5.32 Å². The Balaban J connectivity index is 1.45. The zero-order valence-corrected chi connectivity index (χ0v) is 17.0. The van der Waals surface area contributed by atoms with Crippen LogP contribution in [-0.4, -0.2) is 29.8 Å². The van der Waals surface area contributed by atoms with Crippen LogP contribution in [0, 0.1) is 12.7 Å². The number of hydrogen-bond donors (Lipinski definition) is 2. The Morgan fingerprint density at radius 3 is 2.26 bits per heavy atom. The Bertz CT molecular complexity index is 1100. The summed E-state index contributed by atoms with van der Waals surface area (Å²) in [5.74, 6) is -1.89. The fourth-order valence-corrected chi connectivity index (χ4v) is 4.06. The van der Waals surface area contributed by atoms with Crippen molar-refractivity contribution in [2.24, 2.45) is 0 Å². The molecule has 5 nitrogen and oxygen atoms in total. The first-order chi connectivity index (χ1) is 14.9. The van der Waals surface area contributed by atoms with E-state index in [0.717, 1.165) is 27.8 Å². The van der Waals surface area contributed by atoms with Crippen molar-refractivity contribution in [1.29, 1.82) is 0 Å². The molecule has 158 valence electrons. The lowest BCUT2D eigenvalue weighted by Crippen LogP contribution is -2.43. The number of amides is 1. The van der Waals surface area contributed by atoms with Crippen molar-refractivity contribution in [3.63, 3.8) is 0 Å². The molecule has 1 amide bonds. The van der Waals surface area contributed by atoms with E-state index in [1.807, 2.05) is 48.5 Å². The summed E-state index contributed by atoms with van der Waals surface area (Å²) in [6.07, 6.45) is -1.02. The van der Waals surface area contributed by atoms with E-state index in [-0.39, 0.29) is 24.5 Å². The van der Waals surface area contributed by atoms with E-state index < -0.39 is 23.9 Å². The third-order valence-electron chi connectivity index (χ3n) is 5.56. The SMILES string of the molecule is Cc1ccc(F)c(CC(NC(=O)OCC2c3ccccc3-c3ccccc32)C(=O)O)c1. The highest BCUT2D eigenvalue weighted by molar-refractivity contribution is 5.81. The van der Waals surface area contributed by atoms with Crippen LogP contribution in [0.5, 0.6) is 0 Å². The number of carbonyl (C=O) groups excluding carboxylic acids is 1. The van der Waals surface area contributed by atoms with Crippen LogP contribution in [-0.2, 0) is 16.0 Å². The molecule has 0 saturated carbocycles.